The van der Waals surface area contributed by atoms with Gasteiger partial charge < -0.3 is 14.5 Å². The van der Waals surface area contributed by atoms with Crippen molar-refractivity contribution in [1.29, 1.82) is 0 Å². The van der Waals surface area contributed by atoms with E-state index in [1.807, 2.05) is 13.8 Å². The minimum atomic E-state index is 0.549. The Labute approximate surface area is 156 Å². The van der Waals surface area contributed by atoms with Crippen LogP contribution in [0.3, 0.4) is 0 Å². The lowest BCUT2D eigenvalue weighted by Gasteiger charge is -2.53. The van der Waals surface area contributed by atoms with Crippen LogP contribution >= 0.6 is 0 Å². The van der Waals surface area contributed by atoms with Gasteiger partial charge in [0.2, 0.25) is 0 Å². The molecule has 0 aromatic carbocycles. The molecule has 146 valence electrons. The highest BCUT2D eigenvalue weighted by atomic mass is 16.5. The van der Waals surface area contributed by atoms with Gasteiger partial charge in [-0.1, -0.05) is 20.8 Å². The summed E-state index contributed by atoms with van der Waals surface area (Å²) in [5.74, 6) is 0. The van der Waals surface area contributed by atoms with E-state index in [1.54, 1.807) is 0 Å². The summed E-state index contributed by atoms with van der Waals surface area (Å²) in [6.45, 7) is 12.9. The fourth-order valence-corrected chi connectivity index (χ4v) is 5.26. The van der Waals surface area contributed by atoms with Gasteiger partial charge >= 0.3 is 0 Å². The van der Waals surface area contributed by atoms with E-state index < -0.39 is 0 Å². The van der Waals surface area contributed by atoms with Crippen LogP contribution in [0.15, 0.2) is 0 Å². The summed E-state index contributed by atoms with van der Waals surface area (Å²) < 4.78 is 6.40. The van der Waals surface area contributed by atoms with Crippen molar-refractivity contribution < 1.29 is 4.74 Å². The summed E-state index contributed by atoms with van der Waals surface area (Å²) >= 11 is 0. The van der Waals surface area contributed by atoms with E-state index in [1.165, 1.54) is 90.5 Å². The van der Waals surface area contributed by atoms with E-state index in [-0.39, 0.29) is 0 Å². The van der Waals surface area contributed by atoms with Crippen LogP contribution in [0.1, 0.15) is 78.6 Å². The van der Waals surface area contributed by atoms with Gasteiger partial charge in [0.1, 0.15) is 0 Å². The van der Waals surface area contributed by atoms with Gasteiger partial charge in [0, 0.05) is 19.6 Å². The van der Waals surface area contributed by atoms with Gasteiger partial charge in [-0.15, -0.1) is 0 Å². The van der Waals surface area contributed by atoms with Crippen LogP contribution in [0.4, 0.5) is 0 Å². The molecule has 0 atom stereocenters. The van der Waals surface area contributed by atoms with Crippen LogP contribution in [0.5, 0.6) is 0 Å². The third-order valence-electron chi connectivity index (χ3n) is 7.55. The Morgan fingerprint density at radius 1 is 0.880 bits per heavy atom. The smallest absolute Gasteiger partial charge is 0.0603 e. The van der Waals surface area contributed by atoms with Crippen LogP contribution in [-0.2, 0) is 4.74 Å². The summed E-state index contributed by atoms with van der Waals surface area (Å²) in [5.41, 5.74) is 1.39. The molecule has 4 rings (SSSR count). The van der Waals surface area contributed by atoms with Crippen molar-refractivity contribution >= 4 is 0 Å². The van der Waals surface area contributed by atoms with Crippen molar-refractivity contribution in [1.82, 2.24) is 9.80 Å². The second kappa shape index (κ2) is 8.27. The zero-order valence-corrected chi connectivity index (χ0v) is 17.4. The number of nitrogens with zero attached hydrogens (tertiary/aromatic N) is 2. The fraction of sp³-hybridized carbons (Fsp3) is 1.00. The van der Waals surface area contributed by atoms with Crippen LogP contribution in [0.2, 0.25) is 0 Å². The van der Waals surface area contributed by atoms with Gasteiger partial charge in [0.05, 0.1) is 12.2 Å². The summed E-state index contributed by atoms with van der Waals surface area (Å²) in [6.07, 6.45) is 13.5. The van der Waals surface area contributed by atoms with Gasteiger partial charge in [-0.05, 0) is 88.8 Å². The highest BCUT2D eigenvalue weighted by Crippen LogP contribution is 2.53. The van der Waals surface area contributed by atoms with Crippen LogP contribution in [0.25, 0.3) is 0 Å². The molecule has 4 fully saturated rings. The normalized spacial score (nSPS) is 29.8. The minimum absolute atomic E-state index is 0.549. The Bertz CT molecular complexity index is 396. The number of rotatable bonds is 5. The topological polar surface area (TPSA) is 15.7 Å². The fourth-order valence-electron chi connectivity index (χ4n) is 5.26. The average molecular weight is 351 g/mol. The maximum Gasteiger partial charge on any atom is 0.0603 e. The van der Waals surface area contributed by atoms with Crippen molar-refractivity contribution in [2.24, 2.45) is 10.8 Å². The molecule has 2 saturated heterocycles. The zero-order valence-electron chi connectivity index (χ0n) is 17.4. The van der Waals surface area contributed by atoms with E-state index in [9.17, 15) is 0 Å². The number of ether oxygens (including phenoxy) is 1. The predicted octanol–water partition coefficient (Wildman–Crippen LogP) is 4.56. The summed E-state index contributed by atoms with van der Waals surface area (Å²) in [5, 5.41) is 0. The number of hydrogen-bond donors (Lipinski definition) is 0. The summed E-state index contributed by atoms with van der Waals surface area (Å²) in [7, 11) is 2.23. The Kier molecular flexibility index (Phi) is 6.50. The van der Waals surface area contributed by atoms with E-state index in [0.29, 0.717) is 17.6 Å². The zero-order chi connectivity index (χ0) is 17.9. The first-order valence-corrected chi connectivity index (χ1v) is 11.2. The van der Waals surface area contributed by atoms with Gasteiger partial charge in [0.15, 0.2) is 0 Å². The van der Waals surface area contributed by atoms with Crippen LogP contribution in [-0.4, -0.2) is 61.8 Å². The Balaban J connectivity index is 0.000000880. The quantitative estimate of drug-likeness (QED) is 0.723. The molecule has 3 heteroatoms. The average Bonchev–Trinajstić information content (AvgIpc) is 3.39. The lowest BCUT2D eigenvalue weighted by atomic mass is 9.61. The molecule has 2 heterocycles. The molecule has 2 saturated carbocycles. The maximum atomic E-state index is 6.40. The van der Waals surface area contributed by atoms with Crippen molar-refractivity contribution in [3.63, 3.8) is 0 Å². The van der Waals surface area contributed by atoms with E-state index in [4.69, 9.17) is 4.74 Å². The first-order valence-electron chi connectivity index (χ1n) is 11.2. The number of piperidine rings is 2. The van der Waals surface area contributed by atoms with Crippen molar-refractivity contribution in [2.75, 3.05) is 39.8 Å². The molecule has 0 amide bonds. The van der Waals surface area contributed by atoms with Crippen molar-refractivity contribution in [3.05, 3.63) is 0 Å². The highest BCUT2D eigenvalue weighted by Gasteiger charge is 2.49. The van der Waals surface area contributed by atoms with Gasteiger partial charge in [-0.2, -0.15) is 0 Å². The van der Waals surface area contributed by atoms with Gasteiger partial charge in [0.25, 0.3) is 0 Å². The molecule has 0 unspecified atom stereocenters. The third-order valence-corrected chi connectivity index (χ3v) is 7.55. The Morgan fingerprint density at radius 3 is 2.00 bits per heavy atom. The molecule has 0 bridgehead atoms. The first kappa shape index (κ1) is 19.6. The van der Waals surface area contributed by atoms with E-state index in [2.05, 4.69) is 23.8 Å². The lowest BCUT2D eigenvalue weighted by Crippen LogP contribution is -2.51. The molecule has 25 heavy (non-hydrogen) atoms. The van der Waals surface area contributed by atoms with Crippen molar-refractivity contribution in [3.8, 4) is 0 Å². The summed E-state index contributed by atoms with van der Waals surface area (Å²) in [4.78, 5) is 5.20. The molecule has 2 aliphatic carbocycles. The second-order valence-corrected chi connectivity index (χ2v) is 9.30. The molecule has 2 aliphatic heterocycles. The Hall–Kier alpha value is -0.120. The van der Waals surface area contributed by atoms with Crippen LogP contribution < -0.4 is 0 Å². The molecule has 0 N–H and O–H groups in total. The van der Waals surface area contributed by atoms with Gasteiger partial charge in [-0.25, -0.2) is 0 Å². The van der Waals surface area contributed by atoms with E-state index in [0.717, 1.165) is 5.41 Å². The van der Waals surface area contributed by atoms with Crippen molar-refractivity contribution in [2.45, 2.75) is 90.8 Å². The molecule has 0 aromatic rings. The number of likely N-dealkylation sites (tertiary alicyclic amines) is 2. The molecular weight excluding hydrogens is 308 g/mol. The monoisotopic (exact) mass is 350 g/mol. The standard InChI is InChI=1S/C20H36N2O.C2H6/c1-3-19(6-7-19)16-22-12-8-20(9-13-22)14-18(15-20)23-17-4-10-21(2)11-5-17;1-2/h17-18H,3-16H2,1-2H3;1-2H3. The molecule has 0 aromatic heterocycles. The molecule has 0 radical (unpaired) electrons. The number of hydrogen-bond acceptors (Lipinski definition) is 3. The molecule has 1 spiro atoms. The van der Waals surface area contributed by atoms with Crippen LogP contribution in [0, 0.1) is 10.8 Å². The lowest BCUT2D eigenvalue weighted by molar-refractivity contribution is -0.141. The minimum Gasteiger partial charge on any atom is -0.375 e. The molecule has 3 nitrogen and oxygen atoms in total. The van der Waals surface area contributed by atoms with Gasteiger partial charge in [-0.3, -0.25) is 0 Å². The summed E-state index contributed by atoms with van der Waals surface area (Å²) in [6, 6.07) is 0. The third kappa shape index (κ3) is 4.78. The first-order chi connectivity index (χ1) is 12.1. The SMILES string of the molecule is CC.CCC1(CN2CCC3(CC2)CC(OC2CCN(C)CC2)C3)CC1. The highest BCUT2D eigenvalue weighted by molar-refractivity contribution is 5.01. The molecular formula is C22H42N2O. The Morgan fingerprint density at radius 2 is 1.48 bits per heavy atom. The maximum absolute atomic E-state index is 6.40. The largest absolute Gasteiger partial charge is 0.375 e. The van der Waals surface area contributed by atoms with E-state index >= 15 is 0 Å². The second-order valence-electron chi connectivity index (χ2n) is 9.30. The molecule has 4 aliphatic rings. The predicted molar refractivity (Wildman–Crippen MR) is 106 cm³/mol.